The Kier molecular flexibility index (Phi) is 33.7. The molecule has 0 heterocycles. The zero-order valence-corrected chi connectivity index (χ0v) is 36.0. The molecule has 12 nitrogen and oxygen atoms in total. The summed E-state index contributed by atoms with van der Waals surface area (Å²) in [7, 11) is 0. The molecule has 312 valence electrons. The van der Waals surface area contributed by atoms with Gasteiger partial charge in [-0.25, -0.2) is 0 Å². The zero-order valence-electron chi connectivity index (χ0n) is 30.0. The van der Waals surface area contributed by atoms with Crippen molar-refractivity contribution in [3.8, 4) is 23.0 Å². The molecule has 4 aromatic rings. The van der Waals surface area contributed by atoms with Crippen LogP contribution in [-0.4, -0.2) is 63.0 Å². The first-order valence-electron chi connectivity index (χ1n) is 15.8. The van der Waals surface area contributed by atoms with Crippen LogP contribution in [0, 0.1) is 0 Å². The van der Waals surface area contributed by atoms with Crippen molar-refractivity contribution in [1.29, 1.82) is 0 Å². The average Bonchev–Trinajstić information content (AvgIpc) is 3.09. The van der Waals surface area contributed by atoms with Crippen LogP contribution in [0.5, 0.6) is 23.0 Å². The average molecular weight is 993 g/mol. The standard InChI is InChI=1S/2C17H16Cl2N2O2.2C2H4O2.3Ni/c2*18-14-2-4-16(22)12(8-14)10-20-6-1-7-21-11-13-9-15(19)3-5-17(13)23;2*1-2(3)4;;;/h2*2-5,8-11,22-23H,1,6-7H2;2*1H3,(H,3,4);;;/q;;;;3*+2/p-6. The van der Waals surface area contributed by atoms with Gasteiger partial charge in [0.25, 0.3) is 0 Å². The Balaban J connectivity index is -0.000000823. The molecule has 4 aromatic carbocycles. The molecule has 19 heteroatoms. The van der Waals surface area contributed by atoms with Gasteiger partial charge < -0.3 is 40.2 Å². The van der Waals surface area contributed by atoms with Crippen molar-refractivity contribution in [2.45, 2.75) is 26.7 Å². The van der Waals surface area contributed by atoms with Crippen LogP contribution in [0.3, 0.4) is 0 Å². The van der Waals surface area contributed by atoms with E-state index in [-0.39, 0.29) is 72.5 Å². The first kappa shape index (κ1) is 57.7. The maximum atomic E-state index is 11.5. The number of hydrogen-bond donors (Lipinski definition) is 0. The summed E-state index contributed by atoms with van der Waals surface area (Å²) in [5.41, 5.74) is 1.87. The monoisotopic (exact) mass is 988 g/mol. The Morgan fingerprint density at radius 1 is 0.456 bits per heavy atom. The van der Waals surface area contributed by atoms with Crippen molar-refractivity contribution in [3.63, 3.8) is 0 Å². The van der Waals surface area contributed by atoms with Crippen molar-refractivity contribution in [2.24, 2.45) is 20.0 Å². The maximum Gasteiger partial charge on any atom is 2.00 e. The second-order valence-corrected chi connectivity index (χ2v) is 12.3. The fourth-order valence-electron chi connectivity index (χ4n) is 3.64. The third-order valence-corrected chi connectivity index (χ3v) is 6.90. The second kappa shape index (κ2) is 33.3. The molecule has 0 atom stereocenters. The molecule has 0 unspecified atom stereocenters. The number of aliphatic carboxylic acids is 2. The van der Waals surface area contributed by atoms with Crippen LogP contribution in [0.2, 0.25) is 20.1 Å². The van der Waals surface area contributed by atoms with Crippen LogP contribution in [0.1, 0.15) is 48.9 Å². The van der Waals surface area contributed by atoms with E-state index in [4.69, 9.17) is 66.2 Å². The van der Waals surface area contributed by atoms with Gasteiger partial charge in [0.1, 0.15) is 0 Å². The molecule has 0 bridgehead atoms. The molecule has 57 heavy (non-hydrogen) atoms. The SMILES string of the molecule is CC(=O)[O-].CC(=O)[O-].[Ni+2].[Ni+2].[Ni+2].[O-]c1ccc(Cl)cc1C=NCCCN=Cc1cc(Cl)ccc1[O-].[O-]c1ccc(Cl)cc1C=NCCCN=Cc1cc(Cl)ccc1[O-]. The Morgan fingerprint density at radius 3 is 0.807 bits per heavy atom. The van der Waals surface area contributed by atoms with Gasteiger partial charge in [0.2, 0.25) is 0 Å². The summed E-state index contributed by atoms with van der Waals surface area (Å²) in [5.74, 6) is -2.61. The molecule has 0 aliphatic rings. The minimum Gasteiger partial charge on any atom is -0.872 e. The summed E-state index contributed by atoms with van der Waals surface area (Å²) in [6, 6.07) is 18.2. The molecule has 0 aliphatic carbocycles. The van der Waals surface area contributed by atoms with Gasteiger partial charge in [-0.05, 0) is 97.5 Å². The third kappa shape index (κ3) is 28.4. The van der Waals surface area contributed by atoms with E-state index in [1.165, 1.54) is 49.1 Å². The van der Waals surface area contributed by atoms with Crippen LogP contribution >= 0.6 is 46.4 Å². The summed E-state index contributed by atoms with van der Waals surface area (Å²) < 4.78 is 0. The molecule has 0 saturated heterocycles. The molecule has 0 aromatic heterocycles. The molecular formula is C38H34Cl4N4Ni3O8. The molecule has 0 aliphatic heterocycles. The summed E-state index contributed by atoms with van der Waals surface area (Å²) in [6.07, 6.45) is 7.48. The van der Waals surface area contributed by atoms with Gasteiger partial charge in [-0.2, -0.15) is 0 Å². The Labute approximate surface area is 381 Å². The first-order chi connectivity index (χ1) is 25.6. The quantitative estimate of drug-likeness (QED) is 0.116. The normalized spacial score (nSPS) is 10.2. The molecule has 0 N–H and O–H groups in total. The first-order valence-corrected chi connectivity index (χ1v) is 17.3. The number of hydrogen-bond acceptors (Lipinski definition) is 12. The third-order valence-electron chi connectivity index (χ3n) is 5.96. The fourth-order valence-corrected chi connectivity index (χ4v) is 4.36. The van der Waals surface area contributed by atoms with Crippen molar-refractivity contribution in [3.05, 3.63) is 115 Å². The number of aliphatic imine (C=N–C) groups is 4. The minimum absolute atomic E-state index is 0. The van der Waals surface area contributed by atoms with Crippen molar-refractivity contribution in [2.75, 3.05) is 26.2 Å². The van der Waals surface area contributed by atoms with Gasteiger partial charge in [-0.1, -0.05) is 93.7 Å². The number of carboxylic acid groups (broad SMARTS) is 2. The number of carbonyl (C=O) groups excluding carboxylic acids is 2. The summed E-state index contributed by atoms with van der Waals surface area (Å²) >= 11 is 23.3. The summed E-state index contributed by atoms with van der Waals surface area (Å²) in [4.78, 5) is 34.5. The van der Waals surface area contributed by atoms with E-state index in [0.29, 0.717) is 81.4 Å². The topological polar surface area (TPSA) is 222 Å². The largest absolute Gasteiger partial charge is 2.00 e. The Morgan fingerprint density at radius 2 is 0.632 bits per heavy atom. The van der Waals surface area contributed by atoms with Crippen molar-refractivity contribution < 1.29 is 89.7 Å². The smallest absolute Gasteiger partial charge is 0.872 e. The van der Waals surface area contributed by atoms with Gasteiger partial charge in [0, 0.05) is 83.1 Å². The Hall–Kier alpha value is -3.66. The summed E-state index contributed by atoms with van der Waals surface area (Å²) in [6.45, 7) is 4.07. The van der Waals surface area contributed by atoms with Gasteiger partial charge in [-0.15, -0.1) is 0 Å². The second-order valence-electron chi connectivity index (χ2n) is 10.6. The van der Waals surface area contributed by atoms with Gasteiger partial charge in [0.15, 0.2) is 0 Å². The molecular weight excluding hydrogens is 958 g/mol. The van der Waals surface area contributed by atoms with E-state index in [9.17, 15) is 20.4 Å². The van der Waals surface area contributed by atoms with Crippen LogP contribution in [0.4, 0.5) is 0 Å². The van der Waals surface area contributed by atoms with Crippen molar-refractivity contribution in [1.82, 2.24) is 0 Å². The number of carboxylic acids is 2. The maximum absolute atomic E-state index is 11.5. The molecule has 0 radical (unpaired) electrons. The van der Waals surface area contributed by atoms with Crippen LogP contribution in [0.15, 0.2) is 92.8 Å². The van der Waals surface area contributed by atoms with E-state index in [0.717, 1.165) is 13.8 Å². The predicted molar refractivity (Wildman–Crippen MR) is 204 cm³/mol. The minimum atomic E-state index is -1.08. The number of nitrogens with zero attached hydrogens (tertiary/aromatic N) is 4. The number of benzene rings is 4. The van der Waals surface area contributed by atoms with Gasteiger partial charge >= 0.3 is 49.5 Å². The van der Waals surface area contributed by atoms with Gasteiger partial charge in [0.05, 0.1) is 0 Å². The van der Waals surface area contributed by atoms with Gasteiger partial charge in [-0.3, -0.25) is 20.0 Å². The van der Waals surface area contributed by atoms with Crippen LogP contribution < -0.4 is 30.6 Å². The number of halogens is 4. The number of carbonyl (C=O) groups is 2. The predicted octanol–water partition coefficient (Wildman–Crippen LogP) is 3.64. The van der Waals surface area contributed by atoms with Crippen LogP contribution in [0.25, 0.3) is 0 Å². The van der Waals surface area contributed by atoms with Crippen LogP contribution in [-0.2, 0) is 59.1 Å². The van der Waals surface area contributed by atoms with E-state index in [1.54, 1.807) is 48.5 Å². The van der Waals surface area contributed by atoms with Crippen molar-refractivity contribution >= 4 is 83.2 Å². The van der Waals surface area contributed by atoms with E-state index in [2.05, 4.69) is 20.0 Å². The molecule has 0 amide bonds. The van der Waals surface area contributed by atoms with E-state index < -0.39 is 11.9 Å². The molecule has 4 rings (SSSR count). The van der Waals surface area contributed by atoms with E-state index in [1.807, 2.05) is 0 Å². The molecule has 0 saturated carbocycles. The number of rotatable bonds is 12. The summed E-state index contributed by atoms with van der Waals surface area (Å²) in [5, 5.41) is 66.0. The fraction of sp³-hybridized carbons (Fsp3) is 0.211. The molecule has 0 fully saturated rings. The Bertz CT molecular complexity index is 1670. The van der Waals surface area contributed by atoms with E-state index >= 15 is 0 Å². The zero-order chi connectivity index (χ0) is 40.5. The molecule has 0 spiro atoms.